The number of hydrogen-bond acceptors (Lipinski definition) is 0. The molecule has 0 saturated heterocycles. The second-order valence-corrected chi connectivity index (χ2v) is 14.7. The van der Waals surface area contributed by atoms with Gasteiger partial charge >= 0.3 is 0 Å². The average molecular weight is 537 g/mol. The SMILES string of the molecule is C=CCCCC1=CC(C(CCCC)(CCCC)c2c(C(C)(C)C)ccc3c2Cc2cc(C(C)(C)C)ccc2-3)C=C1. The van der Waals surface area contributed by atoms with E-state index in [4.69, 9.17) is 0 Å². The van der Waals surface area contributed by atoms with Crippen LogP contribution in [0, 0.1) is 5.92 Å². The van der Waals surface area contributed by atoms with Gasteiger partial charge < -0.3 is 0 Å². The van der Waals surface area contributed by atoms with Gasteiger partial charge in [-0.15, -0.1) is 6.58 Å². The van der Waals surface area contributed by atoms with E-state index >= 15 is 0 Å². The molecule has 0 amide bonds. The maximum absolute atomic E-state index is 3.95. The van der Waals surface area contributed by atoms with E-state index in [1.807, 2.05) is 0 Å². The maximum Gasteiger partial charge on any atom is 0.00566 e. The van der Waals surface area contributed by atoms with E-state index in [1.165, 1.54) is 72.8 Å². The lowest BCUT2D eigenvalue weighted by Crippen LogP contribution is -2.37. The van der Waals surface area contributed by atoms with Crippen molar-refractivity contribution in [1.82, 2.24) is 0 Å². The summed E-state index contributed by atoms with van der Waals surface area (Å²) in [5, 5.41) is 0. The summed E-state index contributed by atoms with van der Waals surface area (Å²) in [5.41, 5.74) is 12.8. The maximum atomic E-state index is 3.95. The van der Waals surface area contributed by atoms with Gasteiger partial charge in [0.05, 0.1) is 0 Å². The van der Waals surface area contributed by atoms with Crippen molar-refractivity contribution in [2.45, 2.75) is 136 Å². The van der Waals surface area contributed by atoms with E-state index < -0.39 is 0 Å². The van der Waals surface area contributed by atoms with Crippen molar-refractivity contribution in [3.8, 4) is 11.1 Å². The summed E-state index contributed by atoms with van der Waals surface area (Å²) in [6.07, 6.45) is 21.9. The summed E-state index contributed by atoms with van der Waals surface area (Å²) in [5.74, 6) is 0.464. The monoisotopic (exact) mass is 536 g/mol. The van der Waals surface area contributed by atoms with Crippen molar-refractivity contribution in [3.05, 3.63) is 94.6 Å². The molecule has 0 radical (unpaired) electrons. The standard InChI is InChI=1S/C40H56/c1-10-13-16-17-29-18-19-32(26-29)40(24-14-11-2,25-15-12-3)37-35-28-30-27-31(38(4,5)6)20-21-33(30)34(35)22-23-36(37)39(7,8)9/h10,18-23,26-27,32H,1,11-17,24-25,28H2,2-9H3. The normalized spacial score (nSPS) is 16.7. The number of allylic oxidation sites excluding steroid dienone is 5. The Balaban J connectivity index is 1.94. The molecule has 1 atom stereocenters. The molecule has 2 aromatic carbocycles. The highest BCUT2D eigenvalue weighted by atomic mass is 14.5. The predicted octanol–water partition coefficient (Wildman–Crippen LogP) is 11.9. The van der Waals surface area contributed by atoms with Crippen LogP contribution in [0.3, 0.4) is 0 Å². The minimum Gasteiger partial charge on any atom is -0.103 e. The summed E-state index contributed by atoms with van der Waals surface area (Å²) in [6.45, 7) is 23.0. The Labute approximate surface area is 247 Å². The minimum atomic E-state index is 0.0954. The second kappa shape index (κ2) is 12.3. The molecule has 40 heavy (non-hydrogen) atoms. The Morgan fingerprint density at radius 1 is 0.850 bits per heavy atom. The fourth-order valence-corrected chi connectivity index (χ4v) is 7.33. The largest absolute Gasteiger partial charge is 0.103 e. The van der Waals surface area contributed by atoms with E-state index in [0.29, 0.717) is 5.92 Å². The quantitative estimate of drug-likeness (QED) is 0.159. The third kappa shape index (κ3) is 6.12. The number of unbranched alkanes of at least 4 members (excludes halogenated alkanes) is 3. The molecule has 0 saturated carbocycles. The van der Waals surface area contributed by atoms with Crippen LogP contribution in [0.15, 0.2) is 66.8 Å². The van der Waals surface area contributed by atoms with Crippen LogP contribution in [0.4, 0.5) is 0 Å². The molecular formula is C40H56. The molecular weight excluding hydrogens is 480 g/mol. The molecule has 1 unspecified atom stereocenters. The van der Waals surface area contributed by atoms with Gasteiger partial charge in [0.2, 0.25) is 0 Å². The van der Waals surface area contributed by atoms with Crippen LogP contribution in [-0.2, 0) is 22.7 Å². The number of rotatable bonds is 12. The summed E-state index contributed by atoms with van der Waals surface area (Å²) < 4.78 is 0. The third-order valence-electron chi connectivity index (χ3n) is 9.62. The Morgan fingerprint density at radius 3 is 2.12 bits per heavy atom. The second-order valence-electron chi connectivity index (χ2n) is 14.7. The highest BCUT2D eigenvalue weighted by molar-refractivity contribution is 5.80. The van der Waals surface area contributed by atoms with Gasteiger partial charge in [0.15, 0.2) is 0 Å². The van der Waals surface area contributed by atoms with Crippen LogP contribution >= 0.6 is 0 Å². The van der Waals surface area contributed by atoms with E-state index in [9.17, 15) is 0 Å². The smallest absolute Gasteiger partial charge is 0.00566 e. The molecule has 2 aromatic rings. The summed E-state index contributed by atoms with van der Waals surface area (Å²) in [6, 6.07) is 12.3. The first-order valence-electron chi connectivity index (χ1n) is 16.3. The van der Waals surface area contributed by atoms with Crippen LogP contribution in [0.5, 0.6) is 0 Å². The average Bonchev–Trinajstić information content (AvgIpc) is 3.52. The predicted molar refractivity (Wildman–Crippen MR) is 178 cm³/mol. The highest BCUT2D eigenvalue weighted by Crippen LogP contribution is 2.54. The first-order valence-corrected chi connectivity index (χ1v) is 16.3. The van der Waals surface area contributed by atoms with Crippen molar-refractivity contribution >= 4 is 0 Å². The molecule has 0 N–H and O–H groups in total. The third-order valence-corrected chi connectivity index (χ3v) is 9.62. The van der Waals surface area contributed by atoms with Crippen molar-refractivity contribution in [1.29, 1.82) is 0 Å². The molecule has 2 aliphatic carbocycles. The first-order chi connectivity index (χ1) is 19.0. The molecule has 0 heteroatoms. The fourth-order valence-electron chi connectivity index (χ4n) is 7.33. The Hall–Kier alpha value is -2.34. The van der Waals surface area contributed by atoms with Crippen LogP contribution in [0.25, 0.3) is 11.1 Å². The Bertz CT molecular complexity index is 1240. The number of benzene rings is 2. The van der Waals surface area contributed by atoms with E-state index in [0.717, 1.165) is 19.3 Å². The molecule has 0 heterocycles. The van der Waals surface area contributed by atoms with Gasteiger partial charge in [0.25, 0.3) is 0 Å². The van der Waals surface area contributed by atoms with Gasteiger partial charge in [-0.2, -0.15) is 0 Å². The Kier molecular flexibility index (Phi) is 9.38. The van der Waals surface area contributed by atoms with Gasteiger partial charge in [-0.1, -0.05) is 141 Å². The van der Waals surface area contributed by atoms with Crippen LogP contribution in [0.1, 0.15) is 141 Å². The number of hydrogen-bond donors (Lipinski definition) is 0. The molecule has 4 rings (SSSR count). The van der Waals surface area contributed by atoms with Crippen molar-refractivity contribution in [2.75, 3.05) is 0 Å². The molecule has 2 aliphatic rings. The molecule has 0 aromatic heterocycles. The van der Waals surface area contributed by atoms with E-state index in [1.54, 1.807) is 16.7 Å². The van der Waals surface area contributed by atoms with Gasteiger partial charge in [-0.25, -0.2) is 0 Å². The van der Waals surface area contributed by atoms with Gasteiger partial charge in [0.1, 0.15) is 0 Å². The van der Waals surface area contributed by atoms with Crippen LogP contribution in [-0.4, -0.2) is 0 Å². The summed E-state index contributed by atoms with van der Waals surface area (Å²) in [7, 11) is 0. The van der Waals surface area contributed by atoms with Gasteiger partial charge in [-0.05, 0) is 88.3 Å². The summed E-state index contributed by atoms with van der Waals surface area (Å²) >= 11 is 0. The van der Waals surface area contributed by atoms with E-state index in [2.05, 4.69) is 117 Å². The molecule has 216 valence electrons. The van der Waals surface area contributed by atoms with Gasteiger partial charge in [0, 0.05) is 11.3 Å². The molecule has 0 bridgehead atoms. The van der Waals surface area contributed by atoms with Crippen molar-refractivity contribution < 1.29 is 0 Å². The molecule has 0 aliphatic heterocycles. The van der Waals surface area contributed by atoms with Crippen LogP contribution < -0.4 is 0 Å². The lowest BCUT2D eigenvalue weighted by atomic mass is 9.60. The summed E-state index contributed by atoms with van der Waals surface area (Å²) in [4.78, 5) is 0. The Morgan fingerprint density at radius 2 is 1.52 bits per heavy atom. The van der Waals surface area contributed by atoms with Crippen molar-refractivity contribution in [2.24, 2.45) is 5.92 Å². The zero-order valence-electron chi connectivity index (χ0n) is 27.1. The topological polar surface area (TPSA) is 0 Å². The molecule has 0 spiro atoms. The van der Waals surface area contributed by atoms with E-state index in [-0.39, 0.29) is 16.2 Å². The lowest BCUT2D eigenvalue weighted by molar-refractivity contribution is 0.287. The highest BCUT2D eigenvalue weighted by Gasteiger charge is 2.44. The zero-order chi connectivity index (χ0) is 29.1. The minimum absolute atomic E-state index is 0.0954. The fraction of sp³-hybridized carbons (Fsp3) is 0.550. The van der Waals surface area contributed by atoms with Crippen molar-refractivity contribution in [3.63, 3.8) is 0 Å². The first kappa shape index (κ1) is 30.6. The van der Waals surface area contributed by atoms with Crippen LogP contribution in [0.2, 0.25) is 0 Å². The van der Waals surface area contributed by atoms with Gasteiger partial charge in [-0.3, -0.25) is 0 Å². The molecule has 0 fully saturated rings. The zero-order valence-corrected chi connectivity index (χ0v) is 27.1. The number of fused-ring (bicyclic) bond motifs is 3. The molecule has 0 nitrogen and oxygen atoms in total. The lowest BCUT2D eigenvalue weighted by Gasteiger charge is -2.44.